The maximum atomic E-state index is 13.6. The highest BCUT2D eigenvalue weighted by molar-refractivity contribution is 5.39. The molecule has 0 aliphatic rings. The Kier molecular flexibility index (Phi) is 3.90. The van der Waals surface area contributed by atoms with E-state index >= 15 is 0 Å². The quantitative estimate of drug-likeness (QED) is 0.685. The highest BCUT2D eigenvalue weighted by atomic mass is 19.1. The van der Waals surface area contributed by atoms with Crippen LogP contribution in [0.4, 0.5) is 10.1 Å². The van der Waals surface area contributed by atoms with Crippen molar-refractivity contribution >= 4 is 5.69 Å². The van der Waals surface area contributed by atoms with Crippen molar-refractivity contribution in [2.45, 2.75) is 13.0 Å². The number of nitrogens with two attached hydrogens (primary N) is 1. The van der Waals surface area contributed by atoms with Crippen LogP contribution in [-0.4, -0.2) is 9.91 Å². The third-order valence-corrected chi connectivity index (χ3v) is 2.63. The molecule has 1 aromatic carbocycles. The molecule has 6 nitrogen and oxygen atoms in total. The monoisotopic (exact) mass is 277 g/mol. The van der Waals surface area contributed by atoms with Gasteiger partial charge in [-0.3, -0.25) is 10.1 Å². The van der Waals surface area contributed by atoms with Gasteiger partial charge in [0, 0.05) is 24.4 Å². The summed E-state index contributed by atoms with van der Waals surface area (Å²) in [7, 11) is 0. The predicted molar refractivity (Wildman–Crippen MR) is 70.0 cm³/mol. The number of ether oxygens (including phenoxy) is 1. The summed E-state index contributed by atoms with van der Waals surface area (Å²) in [4.78, 5) is 13.8. The van der Waals surface area contributed by atoms with Gasteiger partial charge in [0.15, 0.2) is 11.6 Å². The normalized spacial score (nSPS) is 11.9. The van der Waals surface area contributed by atoms with E-state index in [1.165, 1.54) is 12.3 Å². The van der Waals surface area contributed by atoms with Gasteiger partial charge >= 0.3 is 0 Å². The Balaban J connectivity index is 2.19. The van der Waals surface area contributed by atoms with Crippen molar-refractivity contribution in [1.29, 1.82) is 0 Å². The molecule has 1 atom stereocenters. The van der Waals surface area contributed by atoms with Crippen LogP contribution in [0.3, 0.4) is 0 Å². The highest BCUT2D eigenvalue weighted by Gasteiger charge is 2.12. The fourth-order valence-corrected chi connectivity index (χ4v) is 1.52. The maximum Gasteiger partial charge on any atom is 0.272 e. The summed E-state index contributed by atoms with van der Waals surface area (Å²) < 4.78 is 18.9. The molecule has 20 heavy (non-hydrogen) atoms. The first-order chi connectivity index (χ1) is 9.47. The molecule has 1 heterocycles. The topological polar surface area (TPSA) is 91.3 Å². The van der Waals surface area contributed by atoms with E-state index in [0.717, 1.165) is 17.7 Å². The van der Waals surface area contributed by atoms with Crippen LogP contribution in [0.5, 0.6) is 11.6 Å². The summed E-state index contributed by atoms with van der Waals surface area (Å²) in [6.07, 6.45) is 1.53. The van der Waals surface area contributed by atoms with E-state index in [2.05, 4.69) is 4.98 Å². The molecule has 104 valence electrons. The number of nitrogens with zero attached hydrogens (tertiary/aromatic N) is 2. The first-order valence-electron chi connectivity index (χ1n) is 5.80. The minimum atomic E-state index is -0.822. The van der Waals surface area contributed by atoms with Gasteiger partial charge in [-0.05, 0) is 18.6 Å². The average molecular weight is 277 g/mol. The van der Waals surface area contributed by atoms with Crippen molar-refractivity contribution < 1.29 is 14.1 Å². The standard InChI is InChI=1S/C13H12FN3O3/c1-8(15)9-2-5-13(16-7-9)20-12-4-3-10(17(18)19)6-11(12)14/h2-8H,15H2,1H3/t8-/m1/s1. The van der Waals surface area contributed by atoms with Crippen LogP contribution in [0, 0.1) is 15.9 Å². The van der Waals surface area contributed by atoms with E-state index in [1.54, 1.807) is 12.1 Å². The lowest BCUT2D eigenvalue weighted by atomic mass is 10.2. The molecule has 1 aromatic heterocycles. The zero-order valence-corrected chi connectivity index (χ0v) is 10.6. The number of halogens is 1. The van der Waals surface area contributed by atoms with E-state index in [-0.39, 0.29) is 23.4 Å². The molecule has 0 radical (unpaired) electrons. The number of aromatic nitrogens is 1. The summed E-state index contributed by atoms with van der Waals surface area (Å²) in [6, 6.07) is 6.26. The number of pyridine rings is 1. The molecule has 0 saturated carbocycles. The Hall–Kier alpha value is -2.54. The van der Waals surface area contributed by atoms with Gasteiger partial charge < -0.3 is 10.5 Å². The molecule has 0 aliphatic heterocycles. The van der Waals surface area contributed by atoms with E-state index in [1.807, 2.05) is 6.92 Å². The van der Waals surface area contributed by atoms with Crippen molar-refractivity contribution in [3.05, 3.63) is 58.0 Å². The van der Waals surface area contributed by atoms with Crippen LogP contribution in [0.25, 0.3) is 0 Å². The molecule has 0 saturated heterocycles. The summed E-state index contributed by atoms with van der Waals surface area (Å²) in [5.74, 6) is -0.768. The third-order valence-electron chi connectivity index (χ3n) is 2.63. The van der Waals surface area contributed by atoms with Crippen LogP contribution in [-0.2, 0) is 0 Å². The van der Waals surface area contributed by atoms with Crippen molar-refractivity contribution in [1.82, 2.24) is 4.98 Å². The number of nitro benzene ring substituents is 1. The molecule has 0 spiro atoms. The highest BCUT2D eigenvalue weighted by Crippen LogP contribution is 2.26. The van der Waals surface area contributed by atoms with E-state index in [4.69, 9.17) is 10.5 Å². The Morgan fingerprint density at radius 3 is 2.65 bits per heavy atom. The number of benzene rings is 1. The smallest absolute Gasteiger partial charge is 0.272 e. The van der Waals surface area contributed by atoms with Gasteiger partial charge in [-0.1, -0.05) is 6.07 Å². The Bertz CT molecular complexity index is 629. The fraction of sp³-hybridized carbons (Fsp3) is 0.154. The maximum absolute atomic E-state index is 13.6. The zero-order valence-electron chi connectivity index (χ0n) is 10.6. The Morgan fingerprint density at radius 1 is 1.40 bits per heavy atom. The molecule has 0 bridgehead atoms. The molecular weight excluding hydrogens is 265 g/mol. The van der Waals surface area contributed by atoms with Crippen LogP contribution in [0.1, 0.15) is 18.5 Å². The van der Waals surface area contributed by atoms with E-state index in [0.29, 0.717) is 0 Å². The van der Waals surface area contributed by atoms with Crippen molar-refractivity contribution in [2.75, 3.05) is 0 Å². The van der Waals surface area contributed by atoms with Gasteiger partial charge in [0.05, 0.1) is 11.0 Å². The number of hydrogen-bond acceptors (Lipinski definition) is 5. The summed E-state index contributed by atoms with van der Waals surface area (Å²) in [5.41, 5.74) is 6.16. The molecule has 2 aromatic rings. The van der Waals surface area contributed by atoms with Gasteiger partial charge in [-0.15, -0.1) is 0 Å². The second kappa shape index (κ2) is 5.62. The molecule has 0 aliphatic carbocycles. The predicted octanol–water partition coefficient (Wildman–Crippen LogP) is 2.94. The van der Waals surface area contributed by atoms with Gasteiger partial charge in [0.1, 0.15) is 0 Å². The molecule has 0 amide bonds. The number of rotatable bonds is 4. The minimum absolute atomic E-state index is 0.128. The van der Waals surface area contributed by atoms with Crippen LogP contribution < -0.4 is 10.5 Å². The zero-order chi connectivity index (χ0) is 14.7. The van der Waals surface area contributed by atoms with Crippen molar-refractivity contribution in [3.63, 3.8) is 0 Å². The first kappa shape index (κ1) is 13.9. The number of non-ortho nitro benzene ring substituents is 1. The summed E-state index contributed by atoms with van der Waals surface area (Å²) in [5, 5.41) is 10.5. The summed E-state index contributed by atoms with van der Waals surface area (Å²) >= 11 is 0. The van der Waals surface area contributed by atoms with Gasteiger partial charge in [0.2, 0.25) is 5.88 Å². The molecule has 0 unspecified atom stereocenters. The fourth-order valence-electron chi connectivity index (χ4n) is 1.52. The van der Waals surface area contributed by atoms with Crippen LogP contribution in [0.15, 0.2) is 36.5 Å². The van der Waals surface area contributed by atoms with Crippen LogP contribution >= 0.6 is 0 Å². The van der Waals surface area contributed by atoms with Gasteiger partial charge in [0.25, 0.3) is 5.69 Å². The number of nitro groups is 1. The largest absolute Gasteiger partial charge is 0.436 e. The Morgan fingerprint density at radius 2 is 2.15 bits per heavy atom. The lowest BCUT2D eigenvalue weighted by Gasteiger charge is -2.08. The molecule has 7 heteroatoms. The Labute approximate surface area is 114 Å². The van der Waals surface area contributed by atoms with E-state index < -0.39 is 10.7 Å². The molecule has 2 N–H and O–H groups in total. The second-order valence-electron chi connectivity index (χ2n) is 4.19. The second-order valence-corrected chi connectivity index (χ2v) is 4.19. The van der Waals surface area contributed by atoms with E-state index in [9.17, 15) is 14.5 Å². The molecular formula is C13H12FN3O3. The van der Waals surface area contributed by atoms with Crippen LogP contribution in [0.2, 0.25) is 0 Å². The van der Waals surface area contributed by atoms with Crippen molar-refractivity contribution in [2.24, 2.45) is 5.73 Å². The lowest BCUT2D eigenvalue weighted by molar-refractivity contribution is -0.385. The SMILES string of the molecule is C[C@@H](N)c1ccc(Oc2ccc([N+](=O)[O-])cc2F)nc1. The van der Waals surface area contributed by atoms with Crippen molar-refractivity contribution in [3.8, 4) is 11.6 Å². The summed E-state index contributed by atoms with van der Waals surface area (Å²) in [6.45, 7) is 1.81. The van der Waals surface area contributed by atoms with Gasteiger partial charge in [-0.2, -0.15) is 0 Å². The minimum Gasteiger partial charge on any atom is -0.436 e. The lowest BCUT2D eigenvalue weighted by Crippen LogP contribution is -2.05. The molecule has 2 rings (SSSR count). The first-order valence-corrected chi connectivity index (χ1v) is 5.80. The average Bonchev–Trinajstić information content (AvgIpc) is 2.41. The third kappa shape index (κ3) is 3.07. The molecule has 0 fully saturated rings. The van der Waals surface area contributed by atoms with Gasteiger partial charge in [-0.25, -0.2) is 9.37 Å². The number of hydrogen-bond donors (Lipinski definition) is 1.